The summed E-state index contributed by atoms with van der Waals surface area (Å²) in [5, 5.41) is 0. The maximum atomic E-state index is 2.22. The number of allylic oxidation sites excluding steroid dienone is 2. The minimum absolute atomic E-state index is 0. The molecule has 12 heavy (non-hydrogen) atoms. The summed E-state index contributed by atoms with van der Waals surface area (Å²) in [6.07, 6.45) is 1.15. The van der Waals surface area contributed by atoms with Crippen LogP contribution in [0.5, 0.6) is 0 Å². The van der Waals surface area contributed by atoms with Gasteiger partial charge in [-0.2, -0.15) is 0 Å². The van der Waals surface area contributed by atoms with E-state index in [4.69, 9.17) is 0 Å². The van der Waals surface area contributed by atoms with E-state index in [1.807, 2.05) is 0 Å². The molecule has 1 heteroatoms. The summed E-state index contributed by atoms with van der Waals surface area (Å²) in [5.41, 5.74) is 5.93. The van der Waals surface area contributed by atoms with Gasteiger partial charge in [-0.3, -0.25) is 0 Å². The molecule has 0 radical (unpaired) electrons. The van der Waals surface area contributed by atoms with Crippen LogP contribution in [-0.4, -0.2) is 18.9 Å². The fourth-order valence-electron chi connectivity index (χ4n) is 1.69. The third kappa shape index (κ3) is 1.38. The normalized spacial score (nSPS) is 14.2. The number of hydrogen-bond donors (Lipinski definition) is 0. The Kier molecular flexibility index (Phi) is 2.83. The number of benzene rings is 1. The van der Waals surface area contributed by atoms with Crippen LogP contribution in [0.1, 0.15) is 25.0 Å². The van der Waals surface area contributed by atoms with Crippen molar-refractivity contribution in [2.45, 2.75) is 20.3 Å². The molecule has 0 spiro atoms. The zero-order valence-corrected chi connectivity index (χ0v) is 7.02. The molecule has 0 bridgehead atoms. The Hall–Kier alpha value is -0.443. The molecule has 1 aliphatic carbocycles. The predicted molar refractivity (Wildman–Crippen MR) is 55.6 cm³/mol. The second-order valence-electron chi connectivity index (χ2n) is 3.24. The SMILES string of the molecule is CC1=C(C)c2ccccc2C1.[LiH]. The van der Waals surface area contributed by atoms with Gasteiger partial charge in [0.2, 0.25) is 0 Å². The monoisotopic (exact) mass is 152 g/mol. The Labute approximate surface area is 85.9 Å². The van der Waals surface area contributed by atoms with Crippen molar-refractivity contribution in [2.24, 2.45) is 0 Å². The summed E-state index contributed by atoms with van der Waals surface area (Å²) in [6.45, 7) is 4.43. The fraction of sp³-hybridized carbons (Fsp3) is 0.273. The average Bonchev–Trinajstić information content (AvgIpc) is 2.30. The van der Waals surface area contributed by atoms with Gasteiger partial charge < -0.3 is 0 Å². The topological polar surface area (TPSA) is 0 Å². The molecule has 0 aromatic heterocycles. The van der Waals surface area contributed by atoms with Gasteiger partial charge in [-0.1, -0.05) is 29.8 Å². The number of rotatable bonds is 0. The Bertz CT molecular complexity index is 324. The molecule has 1 aliphatic rings. The molecule has 0 saturated carbocycles. The van der Waals surface area contributed by atoms with Gasteiger partial charge in [0.05, 0.1) is 0 Å². The Morgan fingerprint density at radius 2 is 1.75 bits per heavy atom. The summed E-state index contributed by atoms with van der Waals surface area (Å²) in [5.74, 6) is 0. The van der Waals surface area contributed by atoms with E-state index in [1.54, 1.807) is 0 Å². The van der Waals surface area contributed by atoms with Crippen LogP contribution >= 0.6 is 0 Å². The van der Waals surface area contributed by atoms with Gasteiger partial charge in [0.25, 0.3) is 0 Å². The van der Waals surface area contributed by atoms with Crippen LogP contribution in [-0.2, 0) is 6.42 Å². The molecule has 1 aromatic rings. The second-order valence-corrected chi connectivity index (χ2v) is 3.24. The van der Waals surface area contributed by atoms with E-state index < -0.39 is 0 Å². The van der Waals surface area contributed by atoms with E-state index in [-0.39, 0.29) is 18.9 Å². The van der Waals surface area contributed by atoms with Crippen LogP contribution < -0.4 is 0 Å². The zero-order chi connectivity index (χ0) is 7.84. The van der Waals surface area contributed by atoms with Crippen LogP contribution in [0.25, 0.3) is 5.57 Å². The Morgan fingerprint density at radius 3 is 2.42 bits per heavy atom. The van der Waals surface area contributed by atoms with Crippen molar-refractivity contribution in [2.75, 3.05) is 0 Å². The van der Waals surface area contributed by atoms with Gasteiger partial charge >= 0.3 is 18.9 Å². The standard InChI is InChI=1S/C11H12.Li.H/c1-8-7-10-5-3-4-6-11(10)9(8)2;;/h3-6H,7H2,1-2H3;;. The molecular formula is C11H13Li. The van der Waals surface area contributed by atoms with Gasteiger partial charge in [-0.25, -0.2) is 0 Å². The Balaban J connectivity index is 0.000000720. The van der Waals surface area contributed by atoms with E-state index in [0.29, 0.717) is 0 Å². The molecule has 0 heterocycles. The van der Waals surface area contributed by atoms with E-state index >= 15 is 0 Å². The molecular weight excluding hydrogens is 139 g/mol. The average molecular weight is 152 g/mol. The summed E-state index contributed by atoms with van der Waals surface area (Å²) < 4.78 is 0. The van der Waals surface area contributed by atoms with Crippen molar-refractivity contribution < 1.29 is 0 Å². The molecule has 2 rings (SSSR count). The van der Waals surface area contributed by atoms with Crippen molar-refractivity contribution in [1.82, 2.24) is 0 Å². The third-order valence-electron chi connectivity index (χ3n) is 2.52. The molecule has 0 atom stereocenters. The molecule has 0 saturated heterocycles. The van der Waals surface area contributed by atoms with Gasteiger partial charge in [0.15, 0.2) is 0 Å². The predicted octanol–water partition coefficient (Wildman–Crippen LogP) is 2.39. The molecule has 0 amide bonds. The number of fused-ring (bicyclic) bond motifs is 1. The van der Waals surface area contributed by atoms with E-state index in [1.165, 1.54) is 22.3 Å². The fourth-order valence-corrected chi connectivity index (χ4v) is 1.69. The van der Waals surface area contributed by atoms with E-state index in [9.17, 15) is 0 Å². The Morgan fingerprint density at radius 1 is 1.08 bits per heavy atom. The molecule has 0 nitrogen and oxygen atoms in total. The van der Waals surface area contributed by atoms with Crippen molar-refractivity contribution in [3.63, 3.8) is 0 Å². The molecule has 0 N–H and O–H groups in total. The van der Waals surface area contributed by atoms with Crippen molar-refractivity contribution in [1.29, 1.82) is 0 Å². The molecule has 1 aromatic carbocycles. The molecule has 0 fully saturated rings. The van der Waals surface area contributed by atoms with Crippen molar-refractivity contribution in [3.8, 4) is 0 Å². The van der Waals surface area contributed by atoms with Gasteiger partial charge in [-0.15, -0.1) is 0 Å². The summed E-state index contributed by atoms with van der Waals surface area (Å²) in [6, 6.07) is 8.65. The number of hydrogen-bond acceptors (Lipinski definition) is 0. The van der Waals surface area contributed by atoms with Crippen LogP contribution in [0.15, 0.2) is 29.8 Å². The molecule has 0 unspecified atom stereocenters. The van der Waals surface area contributed by atoms with E-state index in [2.05, 4.69) is 38.1 Å². The third-order valence-corrected chi connectivity index (χ3v) is 2.52. The first-order valence-electron chi connectivity index (χ1n) is 4.03. The van der Waals surface area contributed by atoms with E-state index in [0.717, 1.165) is 6.42 Å². The second kappa shape index (κ2) is 3.52. The van der Waals surface area contributed by atoms with Crippen LogP contribution in [0.4, 0.5) is 0 Å². The molecule has 58 valence electrons. The summed E-state index contributed by atoms with van der Waals surface area (Å²) >= 11 is 0. The van der Waals surface area contributed by atoms with Crippen LogP contribution in [0, 0.1) is 0 Å². The summed E-state index contributed by atoms with van der Waals surface area (Å²) in [4.78, 5) is 0. The van der Waals surface area contributed by atoms with Crippen LogP contribution in [0.3, 0.4) is 0 Å². The maximum absolute atomic E-state index is 2.22. The summed E-state index contributed by atoms with van der Waals surface area (Å²) in [7, 11) is 0. The quantitative estimate of drug-likeness (QED) is 0.501. The minimum atomic E-state index is 0. The van der Waals surface area contributed by atoms with Gasteiger partial charge in [-0.05, 0) is 37.0 Å². The first kappa shape index (κ1) is 9.64. The zero-order valence-electron chi connectivity index (χ0n) is 7.02. The first-order chi connectivity index (χ1) is 5.29. The van der Waals surface area contributed by atoms with Crippen molar-refractivity contribution in [3.05, 3.63) is 41.0 Å². The van der Waals surface area contributed by atoms with Crippen molar-refractivity contribution >= 4 is 24.4 Å². The van der Waals surface area contributed by atoms with Crippen LogP contribution in [0.2, 0.25) is 0 Å². The van der Waals surface area contributed by atoms with Gasteiger partial charge in [0.1, 0.15) is 0 Å². The first-order valence-corrected chi connectivity index (χ1v) is 4.03. The molecule has 0 aliphatic heterocycles. The van der Waals surface area contributed by atoms with Gasteiger partial charge in [0, 0.05) is 0 Å².